The van der Waals surface area contributed by atoms with Gasteiger partial charge in [0, 0.05) is 23.4 Å². The molecule has 31 heavy (non-hydrogen) atoms. The van der Waals surface area contributed by atoms with E-state index >= 15 is 0 Å². The van der Waals surface area contributed by atoms with Gasteiger partial charge in [0.2, 0.25) is 0 Å². The molecule has 7 nitrogen and oxygen atoms in total. The summed E-state index contributed by atoms with van der Waals surface area (Å²) in [5, 5.41) is 5.14. The molecule has 1 saturated heterocycles. The molecule has 0 atom stereocenters. The van der Waals surface area contributed by atoms with Crippen molar-refractivity contribution in [1.82, 2.24) is 15.0 Å². The Balaban J connectivity index is 1.05. The molecule has 0 spiro atoms. The fraction of sp³-hybridized carbons (Fsp3) is 0.391. The summed E-state index contributed by atoms with van der Waals surface area (Å²) in [4.78, 5) is 16.3. The summed E-state index contributed by atoms with van der Waals surface area (Å²) in [6.45, 7) is 3.71. The molecule has 0 amide bonds. The zero-order valence-corrected chi connectivity index (χ0v) is 17.1. The van der Waals surface area contributed by atoms with E-state index in [1.807, 2.05) is 6.07 Å². The average Bonchev–Trinajstić information content (AvgIpc) is 3.35. The minimum atomic E-state index is -0.457. The van der Waals surface area contributed by atoms with E-state index in [9.17, 15) is 9.18 Å². The largest absolute Gasteiger partial charge is 0.494 e. The summed E-state index contributed by atoms with van der Waals surface area (Å²) in [6, 6.07) is 9.97. The van der Waals surface area contributed by atoms with Crippen LogP contribution in [0.4, 0.5) is 4.39 Å². The van der Waals surface area contributed by atoms with Gasteiger partial charge in [-0.3, -0.25) is 4.98 Å². The smallest absolute Gasteiger partial charge is 0.417 e. The van der Waals surface area contributed by atoms with Crippen molar-refractivity contribution in [3.8, 4) is 5.75 Å². The molecule has 162 valence electrons. The molecular weight excluding hydrogens is 401 g/mol. The van der Waals surface area contributed by atoms with Crippen molar-refractivity contribution in [2.24, 2.45) is 0 Å². The lowest BCUT2D eigenvalue weighted by Gasteiger charge is -2.31. The first-order chi connectivity index (χ1) is 15.2. The van der Waals surface area contributed by atoms with Crippen molar-refractivity contribution in [2.75, 3.05) is 26.2 Å². The molecule has 3 heterocycles. The van der Waals surface area contributed by atoms with E-state index in [0.717, 1.165) is 62.1 Å². The highest BCUT2D eigenvalue weighted by atomic mass is 19.1. The quantitative estimate of drug-likeness (QED) is 0.441. The Morgan fingerprint density at radius 1 is 1.13 bits per heavy atom. The molecule has 0 saturated carbocycles. The SMILES string of the molecule is O=c1[nH]c2cc(OCCCCN3CCC(c4noc5cc(F)ccc45)CC3)ccc2o1. The average molecular weight is 425 g/mol. The highest BCUT2D eigenvalue weighted by Crippen LogP contribution is 2.32. The molecule has 8 heteroatoms. The van der Waals surface area contributed by atoms with Crippen LogP contribution in [0.2, 0.25) is 0 Å². The van der Waals surface area contributed by atoms with Gasteiger partial charge in [-0.15, -0.1) is 0 Å². The molecule has 1 fully saturated rings. The summed E-state index contributed by atoms with van der Waals surface area (Å²) in [5.41, 5.74) is 2.66. The molecule has 1 aliphatic heterocycles. The predicted molar refractivity (Wildman–Crippen MR) is 114 cm³/mol. The number of oxazole rings is 1. The Bertz CT molecular complexity index is 1240. The number of nitrogens with zero attached hydrogens (tertiary/aromatic N) is 2. The summed E-state index contributed by atoms with van der Waals surface area (Å²) in [6.07, 6.45) is 4.07. The van der Waals surface area contributed by atoms with Crippen molar-refractivity contribution in [3.05, 3.63) is 58.5 Å². The van der Waals surface area contributed by atoms with Gasteiger partial charge in [0.1, 0.15) is 11.6 Å². The van der Waals surface area contributed by atoms with Crippen LogP contribution in [0.3, 0.4) is 0 Å². The fourth-order valence-corrected chi connectivity index (χ4v) is 4.30. The van der Waals surface area contributed by atoms with Crippen LogP contribution in [-0.2, 0) is 0 Å². The number of unbranched alkanes of at least 4 members (excludes halogenated alkanes) is 1. The topological polar surface area (TPSA) is 84.5 Å². The van der Waals surface area contributed by atoms with Gasteiger partial charge in [0.05, 0.1) is 17.8 Å². The first-order valence-corrected chi connectivity index (χ1v) is 10.7. The van der Waals surface area contributed by atoms with E-state index in [4.69, 9.17) is 13.7 Å². The second-order valence-electron chi connectivity index (χ2n) is 8.05. The van der Waals surface area contributed by atoms with Gasteiger partial charge in [-0.25, -0.2) is 9.18 Å². The van der Waals surface area contributed by atoms with Gasteiger partial charge in [0.25, 0.3) is 0 Å². The highest BCUT2D eigenvalue weighted by molar-refractivity contribution is 5.80. The number of ether oxygens (including phenoxy) is 1. The number of fused-ring (bicyclic) bond motifs is 2. The second kappa shape index (κ2) is 8.55. The molecule has 2 aromatic carbocycles. The maximum Gasteiger partial charge on any atom is 0.417 e. The van der Waals surface area contributed by atoms with Crippen LogP contribution < -0.4 is 10.5 Å². The van der Waals surface area contributed by atoms with Crippen molar-refractivity contribution in [3.63, 3.8) is 0 Å². The number of rotatable bonds is 7. The zero-order valence-electron chi connectivity index (χ0n) is 17.1. The molecule has 2 aromatic heterocycles. The lowest BCUT2D eigenvalue weighted by molar-refractivity contribution is 0.199. The van der Waals surface area contributed by atoms with Gasteiger partial charge in [-0.2, -0.15) is 0 Å². The summed E-state index contributed by atoms with van der Waals surface area (Å²) < 4.78 is 29.5. The van der Waals surface area contributed by atoms with Crippen molar-refractivity contribution < 1.29 is 18.1 Å². The number of nitrogens with one attached hydrogen (secondary N) is 1. The van der Waals surface area contributed by atoms with Crippen LogP contribution in [0.5, 0.6) is 5.75 Å². The van der Waals surface area contributed by atoms with Gasteiger partial charge < -0.3 is 18.6 Å². The Labute approximate surface area is 177 Å². The fourth-order valence-electron chi connectivity index (χ4n) is 4.30. The standard InChI is InChI=1S/C23H24FN3O4/c24-16-3-5-18-21(13-16)31-26-22(18)15-7-10-27(11-8-15)9-1-2-12-29-17-4-6-20-19(14-17)25-23(28)30-20/h3-6,13-15H,1-2,7-12H2,(H,25,28). The van der Waals surface area contributed by atoms with Crippen LogP contribution in [0.25, 0.3) is 22.1 Å². The number of hydrogen-bond acceptors (Lipinski definition) is 6. The highest BCUT2D eigenvalue weighted by Gasteiger charge is 2.24. The number of hydrogen-bond donors (Lipinski definition) is 1. The Morgan fingerprint density at radius 3 is 2.87 bits per heavy atom. The number of likely N-dealkylation sites (tertiary alicyclic amines) is 1. The first kappa shape index (κ1) is 19.8. The van der Waals surface area contributed by atoms with Crippen LogP contribution in [0, 0.1) is 5.82 Å². The lowest BCUT2D eigenvalue weighted by Crippen LogP contribution is -2.34. The minimum Gasteiger partial charge on any atom is -0.494 e. The summed E-state index contributed by atoms with van der Waals surface area (Å²) in [7, 11) is 0. The van der Waals surface area contributed by atoms with Gasteiger partial charge in [-0.1, -0.05) is 5.16 Å². The normalized spacial score (nSPS) is 15.8. The number of aromatic nitrogens is 2. The third-order valence-electron chi connectivity index (χ3n) is 5.96. The third kappa shape index (κ3) is 4.34. The number of H-pyrrole nitrogens is 1. The van der Waals surface area contributed by atoms with Crippen LogP contribution in [-0.4, -0.2) is 41.3 Å². The Hall–Kier alpha value is -3.13. The van der Waals surface area contributed by atoms with Gasteiger partial charge in [0.15, 0.2) is 11.2 Å². The van der Waals surface area contributed by atoms with Gasteiger partial charge >= 0.3 is 5.76 Å². The van der Waals surface area contributed by atoms with Crippen LogP contribution in [0.1, 0.15) is 37.3 Å². The number of benzene rings is 2. The minimum absolute atomic E-state index is 0.300. The molecular formula is C23H24FN3O4. The van der Waals surface area contributed by atoms with Crippen LogP contribution in [0.15, 0.2) is 50.1 Å². The number of piperidine rings is 1. The maximum absolute atomic E-state index is 13.4. The molecule has 4 aromatic rings. The van der Waals surface area contributed by atoms with Crippen molar-refractivity contribution in [1.29, 1.82) is 0 Å². The lowest BCUT2D eigenvalue weighted by atomic mass is 9.91. The molecule has 1 aliphatic rings. The maximum atomic E-state index is 13.4. The third-order valence-corrected chi connectivity index (χ3v) is 5.96. The van der Waals surface area contributed by atoms with E-state index < -0.39 is 5.76 Å². The predicted octanol–water partition coefficient (Wildman–Crippen LogP) is 4.44. The first-order valence-electron chi connectivity index (χ1n) is 10.7. The molecule has 0 aliphatic carbocycles. The van der Waals surface area contributed by atoms with E-state index in [0.29, 0.717) is 29.2 Å². The molecule has 0 radical (unpaired) electrons. The Morgan fingerprint density at radius 2 is 2.00 bits per heavy atom. The Kier molecular flexibility index (Phi) is 5.46. The van der Waals surface area contributed by atoms with E-state index in [1.165, 1.54) is 12.1 Å². The zero-order chi connectivity index (χ0) is 21.2. The van der Waals surface area contributed by atoms with Crippen LogP contribution >= 0.6 is 0 Å². The van der Waals surface area contributed by atoms with Crippen molar-refractivity contribution in [2.45, 2.75) is 31.6 Å². The number of aromatic amines is 1. The molecule has 1 N–H and O–H groups in total. The van der Waals surface area contributed by atoms with E-state index in [-0.39, 0.29) is 5.82 Å². The summed E-state index contributed by atoms with van der Waals surface area (Å²) >= 11 is 0. The van der Waals surface area contributed by atoms with E-state index in [1.54, 1.807) is 18.2 Å². The molecule has 0 bridgehead atoms. The number of halogens is 1. The van der Waals surface area contributed by atoms with Crippen molar-refractivity contribution >= 4 is 22.1 Å². The van der Waals surface area contributed by atoms with E-state index in [2.05, 4.69) is 15.0 Å². The van der Waals surface area contributed by atoms with Gasteiger partial charge in [-0.05, 0) is 69.6 Å². The summed E-state index contributed by atoms with van der Waals surface area (Å²) in [5.74, 6) is 0.327. The molecule has 0 unspecified atom stereocenters. The monoisotopic (exact) mass is 425 g/mol. The molecule has 5 rings (SSSR count). The second-order valence-corrected chi connectivity index (χ2v) is 8.05.